The summed E-state index contributed by atoms with van der Waals surface area (Å²) in [6, 6.07) is 59.8. The molecule has 9 rings (SSSR count). The Labute approximate surface area is 249 Å². The van der Waals surface area contributed by atoms with Crippen molar-refractivity contribution in [3.8, 4) is 27.9 Å². The van der Waals surface area contributed by atoms with E-state index in [2.05, 4.69) is 168 Å². The lowest BCUT2D eigenvalue weighted by atomic mass is 9.85. The van der Waals surface area contributed by atoms with E-state index >= 15 is 0 Å². The Kier molecular flexibility index (Phi) is 5.27. The van der Waals surface area contributed by atoms with Crippen LogP contribution in [0.1, 0.15) is 0 Å². The summed E-state index contributed by atoms with van der Waals surface area (Å²) < 4.78 is 2.40. The van der Waals surface area contributed by atoms with Gasteiger partial charge in [0.05, 0.1) is 11.0 Å². The molecule has 0 N–H and O–H groups in total. The second kappa shape index (κ2) is 9.44. The van der Waals surface area contributed by atoms with Crippen LogP contribution in [0.5, 0.6) is 0 Å². The molecule has 0 saturated heterocycles. The summed E-state index contributed by atoms with van der Waals surface area (Å²) in [6.45, 7) is 0. The third kappa shape index (κ3) is 3.65. The van der Waals surface area contributed by atoms with Crippen LogP contribution >= 0.6 is 0 Å². The molecule has 43 heavy (non-hydrogen) atoms. The summed E-state index contributed by atoms with van der Waals surface area (Å²) in [5.41, 5.74) is 8.66. The van der Waals surface area contributed by atoms with Crippen LogP contribution in [0.4, 0.5) is 0 Å². The Morgan fingerprint density at radius 1 is 0.302 bits per heavy atom. The highest BCUT2D eigenvalue weighted by Gasteiger charge is 2.19. The number of hydrogen-bond donors (Lipinski definition) is 0. The van der Waals surface area contributed by atoms with Crippen molar-refractivity contribution in [2.45, 2.75) is 0 Å². The first-order valence-corrected chi connectivity index (χ1v) is 14.9. The molecule has 0 aliphatic heterocycles. The van der Waals surface area contributed by atoms with E-state index in [0.717, 1.165) is 0 Å². The molecule has 0 aliphatic carbocycles. The van der Waals surface area contributed by atoms with E-state index in [0.29, 0.717) is 0 Å². The monoisotopic (exact) mass is 545 g/mol. The van der Waals surface area contributed by atoms with Gasteiger partial charge in [-0.25, -0.2) is 0 Å². The van der Waals surface area contributed by atoms with E-state index in [1.54, 1.807) is 0 Å². The van der Waals surface area contributed by atoms with E-state index in [9.17, 15) is 0 Å². The fourth-order valence-electron chi connectivity index (χ4n) is 7.08. The maximum absolute atomic E-state index is 2.40. The summed E-state index contributed by atoms with van der Waals surface area (Å²) in [4.78, 5) is 0. The summed E-state index contributed by atoms with van der Waals surface area (Å²) in [7, 11) is 0. The molecule has 0 atom stereocenters. The van der Waals surface area contributed by atoms with Crippen molar-refractivity contribution < 1.29 is 0 Å². The fourth-order valence-corrected chi connectivity index (χ4v) is 7.08. The topological polar surface area (TPSA) is 4.93 Å². The summed E-state index contributed by atoms with van der Waals surface area (Å²) in [5.74, 6) is 0. The van der Waals surface area contributed by atoms with Gasteiger partial charge in [0.25, 0.3) is 0 Å². The van der Waals surface area contributed by atoms with Gasteiger partial charge in [-0.1, -0.05) is 133 Å². The maximum atomic E-state index is 2.40. The zero-order valence-corrected chi connectivity index (χ0v) is 23.5. The normalized spacial score (nSPS) is 11.7. The minimum absolute atomic E-state index is 1.17. The Morgan fingerprint density at radius 3 is 1.47 bits per heavy atom. The maximum Gasteiger partial charge on any atom is 0.0547 e. The standard InChI is InChI=1S/C42H27N/c1-2-14-32(15-3-1)43-39-21-11-10-16-33(39)34-25-24-31(27-40(34)43)42-37-19-8-6-17-35(37)41(36-18-7-9-20-38(36)42)30-23-22-28-12-4-5-13-29(28)26-30/h1-27H. The van der Waals surface area contributed by atoms with Gasteiger partial charge in [-0.15, -0.1) is 0 Å². The van der Waals surface area contributed by atoms with Gasteiger partial charge in [-0.3, -0.25) is 0 Å². The molecule has 0 fully saturated rings. The van der Waals surface area contributed by atoms with Crippen molar-refractivity contribution in [3.63, 3.8) is 0 Å². The van der Waals surface area contributed by atoms with E-state index in [-0.39, 0.29) is 0 Å². The van der Waals surface area contributed by atoms with Crippen molar-refractivity contribution in [1.82, 2.24) is 4.57 Å². The van der Waals surface area contributed by atoms with Crippen LogP contribution in [0.2, 0.25) is 0 Å². The van der Waals surface area contributed by atoms with Crippen LogP contribution in [-0.2, 0) is 0 Å². The number of fused-ring (bicyclic) bond motifs is 6. The predicted molar refractivity (Wildman–Crippen MR) is 184 cm³/mol. The number of aromatic nitrogens is 1. The van der Waals surface area contributed by atoms with Crippen LogP contribution in [0.15, 0.2) is 164 Å². The number of nitrogens with zero attached hydrogens (tertiary/aromatic N) is 1. The number of rotatable bonds is 3. The molecule has 0 unspecified atom stereocenters. The predicted octanol–water partition coefficient (Wildman–Crippen LogP) is 11.6. The summed E-state index contributed by atoms with van der Waals surface area (Å²) in [6.07, 6.45) is 0. The molecule has 0 radical (unpaired) electrons. The third-order valence-corrected chi connectivity index (χ3v) is 8.95. The van der Waals surface area contributed by atoms with Crippen molar-refractivity contribution >= 4 is 54.1 Å². The highest BCUT2D eigenvalue weighted by Crippen LogP contribution is 2.45. The van der Waals surface area contributed by atoms with Gasteiger partial charge in [-0.2, -0.15) is 0 Å². The summed E-state index contributed by atoms with van der Waals surface area (Å²) in [5, 5.41) is 10.1. The van der Waals surface area contributed by atoms with E-state index in [4.69, 9.17) is 0 Å². The Bertz CT molecular complexity index is 2440. The van der Waals surface area contributed by atoms with Crippen molar-refractivity contribution in [3.05, 3.63) is 164 Å². The zero-order valence-electron chi connectivity index (χ0n) is 23.5. The third-order valence-electron chi connectivity index (χ3n) is 8.95. The molecule has 0 bridgehead atoms. The average molecular weight is 546 g/mol. The Morgan fingerprint density at radius 2 is 0.791 bits per heavy atom. The molecule has 9 aromatic rings. The van der Waals surface area contributed by atoms with Crippen molar-refractivity contribution in [2.75, 3.05) is 0 Å². The SMILES string of the molecule is c1ccc(-n2c3ccccc3c3ccc(-c4c5ccccc5c(-c5ccc6ccccc6c5)c5ccccc45)cc32)cc1. The van der Waals surface area contributed by atoms with Gasteiger partial charge in [0, 0.05) is 16.5 Å². The second-order valence-electron chi connectivity index (χ2n) is 11.3. The minimum Gasteiger partial charge on any atom is -0.309 e. The van der Waals surface area contributed by atoms with Crippen LogP contribution in [0.3, 0.4) is 0 Å². The van der Waals surface area contributed by atoms with Crippen LogP contribution in [0, 0.1) is 0 Å². The van der Waals surface area contributed by atoms with E-state index in [1.165, 1.54) is 82.1 Å². The van der Waals surface area contributed by atoms with Gasteiger partial charge in [-0.05, 0) is 84.9 Å². The molecule has 0 spiro atoms. The van der Waals surface area contributed by atoms with Gasteiger partial charge < -0.3 is 4.57 Å². The number of benzene rings is 8. The van der Waals surface area contributed by atoms with Crippen LogP contribution in [-0.4, -0.2) is 4.57 Å². The molecule has 1 aromatic heterocycles. The Hall–Kier alpha value is -5.66. The van der Waals surface area contributed by atoms with Crippen molar-refractivity contribution in [1.29, 1.82) is 0 Å². The largest absolute Gasteiger partial charge is 0.309 e. The zero-order chi connectivity index (χ0) is 28.3. The van der Waals surface area contributed by atoms with Gasteiger partial charge >= 0.3 is 0 Å². The molecule has 0 aliphatic rings. The Balaban J connectivity index is 1.38. The molecule has 1 heterocycles. The molecule has 1 heteroatoms. The first kappa shape index (κ1) is 24.0. The van der Waals surface area contributed by atoms with Gasteiger partial charge in [0.1, 0.15) is 0 Å². The minimum atomic E-state index is 1.17. The van der Waals surface area contributed by atoms with Gasteiger partial charge in [0.2, 0.25) is 0 Å². The lowest BCUT2D eigenvalue weighted by Crippen LogP contribution is -1.94. The molecule has 8 aromatic carbocycles. The van der Waals surface area contributed by atoms with E-state index < -0.39 is 0 Å². The van der Waals surface area contributed by atoms with Crippen LogP contribution < -0.4 is 0 Å². The fraction of sp³-hybridized carbons (Fsp3) is 0. The molecular formula is C42H27N. The lowest BCUT2D eigenvalue weighted by Gasteiger charge is -2.18. The highest BCUT2D eigenvalue weighted by atomic mass is 15.0. The quantitative estimate of drug-likeness (QED) is 0.195. The molecule has 0 saturated carbocycles. The highest BCUT2D eigenvalue weighted by molar-refractivity contribution is 6.22. The lowest BCUT2D eigenvalue weighted by molar-refractivity contribution is 1.18. The molecule has 1 nitrogen and oxygen atoms in total. The average Bonchev–Trinajstić information content (AvgIpc) is 3.41. The molecule has 0 amide bonds. The molecule has 200 valence electrons. The first-order valence-electron chi connectivity index (χ1n) is 14.9. The van der Waals surface area contributed by atoms with Crippen molar-refractivity contribution in [2.24, 2.45) is 0 Å². The van der Waals surface area contributed by atoms with Crippen LogP contribution in [0.25, 0.3) is 82.1 Å². The molecular weight excluding hydrogens is 518 g/mol. The number of hydrogen-bond acceptors (Lipinski definition) is 0. The summed E-state index contributed by atoms with van der Waals surface area (Å²) >= 11 is 0. The number of para-hydroxylation sites is 2. The van der Waals surface area contributed by atoms with Gasteiger partial charge in [0.15, 0.2) is 0 Å². The first-order chi connectivity index (χ1) is 21.3. The smallest absolute Gasteiger partial charge is 0.0547 e. The second-order valence-corrected chi connectivity index (χ2v) is 11.3. The van der Waals surface area contributed by atoms with E-state index in [1.807, 2.05) is 0 Å².